The number of benzene rings is 2. The third-order valence-corrected chi connectivity index (χ3v) is 5.48. The van der Waals surface area contributed by atoms with Gasteiger partial charge in [-0.05, 0) is 36.8 Å². The van der Waals surface area contributed by atoms with Crippen molar-refractivity contribution in [2.45, 2.75) is 18.7 Å². The molecule has 0 bridgehead atoms. The van der Waals surface area contributed by atoms with Crippen molar-refractivity contribution >= 4 is 29.1 Å². The molecule has 2 aromatic carbocycles. The number of amides is 1. The lowest BCUT2D eigenvalue weighted by atomic mass is 10.2. The highest BCUT2D eigenvalue weighted by molar-refractivity contribution is 8.15. The minimum absolute atomic E-state index is 0.0156. The monoisotopic (exact) mass is 413 g/mol. The Labute approximate surface area is 174 Å². The van der Waals surface area contributed by atoms with Crippen molar-refractivity contribution in [3.8, 4) is 17.2 Å². The zero-order chi connectivity index (χ0) is 20.8. The van der Waals surface area contributed by atoms with Crippen molar-refractivity contribution in [3.05, 3.63) is 53.6 Å². The fourth-order valence-corrected chi connectivity index (χ4v) is 3.71. The van der Waals surface area contributed by atoms with Gasteiger partial charge in [0.1, 0.15) is 17.2 Å². The van der Waals surface area contributed by atoms with E-state index in [1.54, 1.807) is 38.5 Å². The zero-order valence-electron chi connectivity index (χ0n) is 16.8. The van der Waals surface area contributed by atoms with Crippen molar-refractivity contribution < 1.29 is 19.0 Å². The molecule has 3 rings (SSSR count). The van der Waals surface area contributed by atoms with Gasteiger partial charge in [0.05, 0.1) is 39.3 Å². The van der Waals surface area contributed by atoms with Crippen molar-refractivity contribution in [3.63, 3.8) is 0 Å². The molecule has 0 N–H and O–H groups in total. The second-order valence-electron chi connectivity index (χ2n) is 6.27. The Morgan fingerprint density at radius 2 is 1.72 bits per heavy atom. The molecule has 1 atom stereocenters. The first-order valence-electron chi connectivity index (χ1n) is 8.99. The summed E-state index contributed by atoms with van der Waals surface area (Å²) in [5.41, 5.74) is 1.75. The number of carbonyl (C=O) groups excluding carboxylic acids is 1. The van der Waals surface area contributed by atoms with Crippen LogP contribution in [-0.2, 0) is 11.3 Å². The van der Waals surface area contributed by atoms with E-state index < -0.39 is 0 Å². The van der Waals surface area contributed by atoms with Gasteiger partial charge in [0, 0.05) is 11.6 Å². The molecule has 0 aromatic heterocycles. The first-order chi connectivity index (χ1) is 14.0. The van der Waals surface area contributed by atoms with Crippen LogP contribution in [0.5, 0.6) is 17.2 Å². The van der Waals surface area contributed by atoms with Crippen LogP contribution >= 0.6 is 11.8 Å². The molecule has 7 nitrogen and oxygen atoms in total. The van der Waals surface area contributed by atoms with Crippen LogP contribution in [0.15, 0.2) is 52.7 Å². The Kier molecular flexibility index (Phi) is 6.77. The SMILES string of the molecule is COc1ccc(CN2C(=O)[C@@H](C)S/C2=N\N=C/c2ccc(OC)cc2OC)cc1. The average molecular weight is 413 g/mol. The molecule has 1 aliphatic rings. The third kappa shape index (κ3) is 4.89. The molecule has 1 fully saturated rings. The van der Waals surface area contributed by atoms with Crippen LogP contribution in [0.2, 0.25) is 0 Å². The first-order valence-corrected chi connectivity index (χ1v) is 9.87. The Bertz CT molecular complexity index is 928. The van der Waals surface area contributed by atoms with E-state index in [9.17, 15) is 4.79 Å². The number of hydrogen-bond acceptors (Lipinski definition) is 7. The van der Waals surface area contributed by atoms with Crippen molar-refractivity contribution in [1.29, 1.82) is 0 Å². The molecule has 1 aliphatic heterocycles. The lowest BCUT2D eigenvalue weighted by Crippen LogP contribution is -2.30. The van der Waals surface area contributed by atoms with Gasteiger partial charge in [-0.3, -0.25) is 9.69 Å². The largest absolute Gasteiger partial charge is 0.497 e. The van der Waals surface area contributed by atoms with E-state index in [1.807, 2.05) is 43.3 Å². The van der Waals surface area contributed by atoms with Gasteiger partial charge in [0.25, 0.3) is 0 Å². The fourth-order valence-electron chi connectivity index (χ4n) is 2.79. The summed E-state index contributed by atoms with van der Waals surface area (Å²) in [4.78, 5) is 14.2. The van der Waals surface area contributed by atoms with Crippen LogP contribution in [0.1, 0.15) is 18.1 Å². The number of hydrogen-bond donors (Lipinski definition) is 0. The van der Waals surface area contributed by atoms with Gasteiger partial charge in [-0.15, -0.1) is 5.10 Å². The maximum atomic E-state index is 12.6. The molecule has 2 aromatic rings. The van der Waals surface area contributed by atoms with Gasteiger partial charge in [-0.1, -0.05) is 23.9 Å². The molecular formula is C21H23N3O4S. The second-order valence-corrected chi connectivity index (χ2v) is 7.58. The maximum Gasteiger partial charge on any atom is 0.242 e. The standard InChI is InChI=1S/C21H23N3O4S/c1-14-20(25)24(13-15-5-8-17(26-2)9-6-15)21(29-14)23-22-12-16-7-10-18(27-3)11-19(16)28-4/h5-12,14H,13H2,1-4H3/b22-12-,23-21-/t14-/m1/s1. The van der Waals surface area contributed by atoms with Crippen LogP contribution in [0.3, 0.4) is 0 Å². The molecule has 1 amide bonds. The van der Waals surface area contributed by atoms with E-state index in [1.165, 1.54) is 11.8 Å². The molecule has 0 spiro atoms. The highest BCUT2D eigenvalue weighted by Gasteiger charge is 2.35. The number of methoxy groups -OCH3 is 3. The number of thioether (sulfide) groups is 1. The maximum absolute atomic E-state index is 12.6. The summed E-state index contributed by atoms with van der Waals surface area (Å²) in [5, 5.41) is 8.85. The lowest BCUT2D eigenvalue weighted by molar-refractivity contribution is -0.126. The number of rotatable bonds is 7. The van der Waals surface area contributed by atoms with E-state index >= 15 is 0 Å². The molecule has 0 radical (unpaired) electrons. The number of nitrogens with zero attached hydrogens (tertiary/aromatic N) is 3. The molecule has 29 heavy (non-hydrogen) atoms. The normalized spacial score (nSPS) is 17.9. The van der Waals surface area contributed by atoms with Crippen LogP contribution in [0.25, 0.3) is 0 Å². The van der Waals surface area contributed by atoms with Crippen LogP contribution in [0, 0.1) is 0 Å². The summed E-state index contributed by atoms with van der Waals surface area (Å²) < 4.78 is 15.7. The fraction of sp³-hybridized carbons (Fsp3) is 0.286. The molecule has 0 unspecified atom stereocenters. The molecule has 8 heteroatoms. The second kappa shape index (κ2) is 9.47. The van der Waals surface area contributed by atoms with E-state index in [0.29, 0.717) is 23.2 Å². The molecule has 1 saturated heterocycles. The number of ether oxygens (including phenoxy) is 3. The average Bonchev–Trinajstić information content (AvgIpc) is 3.02. The topological polar surface area (TPSA) is 72.7 Å². The van der Waals surface area contributed by atoms with Gasteiger partial charge in [-0.2, -0.15) is 5.10 Å². The third-order valence-electron chi connectivity index (χ3n) is 4.41. The van der Waals surface area contributed by atoms with Crippen molar-refractivity contribution in [1.82, 2.24) is 4.90 Å². The first kappa shape index (κ1) is 20.7. The molecule has 152 valence electrons. The summed E-state index contributed by atoms with van der Waals surface area (Å²) in [5.74, 6) is 2.12. The summed E-state index contributed by atoms with van der Waals surface area (Å²) >= 11 is 1.40. The zero-order valence-corrected chi connectivity index (χ0v) is 17.6. The van der Waals surface area contributed by atoms with Crippen molar-refractivity contribution in [2.75, 3.05) is 21.3 Å². The Morgan fingerprint density at radius 3 is 2.38 bits per heavy atom. The minimum Gasteiger partial charge on any atom is -0.497 e. The molecule has 0 aliphatic carbocycles. The van der Waals surface area contributed by atoms with Crippen LogP contribution < -0.4 is 14.2 Å². The van der Waals surface area contributed by atoms with Gasteiger partial charge in [0.15, 0.2) is 5.17 Å². The van der Waals surface area contributed by atoms with Crippen LogP contribution in [-0.4, -0.2) is 48.8 Å². The summed E-state index contributed by atoms with van der Waals surface area (Å²) in [7, 11) is 4.81. The van der Waals surface area contributed by atoms with Gasteiger partial charge in [0.2, 0.25) is 5.91 Å². The van der Waals surface area contributed by atoms with Crippen LogP contribution in [0.4, 0.5) is 0 Å². The van der Waals surface area contributed by atoms with E-state index in [2.05, 4.69) is 10.2 Å². The quantitative estimate of drug-likeness (QED) is 0.513. The Hall–Kier alpha value is -3.00. The Balaban J connectivity index is 1.79. The molecular weight excluding hydrogens is 390 g/mol. The summed E-state index contributed by atoms with van der Waals surface area (Å²) in [6, 6.07) is 13.1. The number of carbonyl (C=O) groups is 1. The van der Waals surface area contributed by atoms with E-state index in [4.69, 9.17) is 14.2 Å². The minimum atomic E-state index is -0.197. The summed E-state index contributed by atoms with van der Waals surface area (Å²) in [6.45, 7) is 2.30. The smallest absolute Gasteiger partial charge is 0.242 e. The molecule has 0 saturated carbocycles. The van der Waals surface area contributed by atoms with Gasteiger partial charge < -0.3 is 14.2 Å². The predicted molar refractivity (Wildman–Crippen MR) is 115 cm³/mol. The van der Waals surface area contributed by atoms with E-state index in [0.717, 1.165) is 16.9 Å². The lowest BCUT2D eigenvalue weighted by Gasteiger charge is -2.15. The highest BCUT2D eigenvalue weighted by atomic mass is 32.2. The van der Waals surface area contributed by atoms with Gasteiger partial charge >= 0.3 is 0 Å². The molecule has 1 heterocycles. The van der Waals surface area contributed by atoms with E-state index in [-0.39, 0.29) is 11.2 Å². The highest BCUT2D eigenvalue weighted by Crippen LogP contribution is 2.29. The summed E-state index contributed by atoms with van der Waals surface area (Å²) in [6.07, 6.45) is 1.60. The Morgan fingerprint density at radius 1 is 1.03 bits per heavy atom. The number of amidine groups is 1. The van der Waals surface area contributed by atoms with Gasteiger partial charge in [-0.25, -0.2) is 0 Å². The van der Waals surface area contributed by atoms with Crippen molar-refractivity contribution in [2.24, 2.45) is 10.2 Å². The predicted octanol–water partition coefficient (Wildman–Crippen LogP) is 3.57.